The van der Waals surface area contributed by atoms with Gasteiger partial charge in [-0.3, -0.25) is 10.1 Å². The highest BCUT2D eigenvalue weighted by Gasteiger charge is 2.38. The zero-order valence-corrected chi connectivity index (χ0v) is 6.76. The first-order valence-electron chi connectivity index (χ1n) is 2.71. The molecule has 0 amide bonds. The fourth-order valence-electron chi connectivity index (χ4n) is 0.646. The molecule has 1 heterocycles. The molecule has 60 valence electrons. The number of nitrogens with zero attached hydrogens (tertiary/aromatic N) is 1. The number of hydrogen-bond donors (Lipinski definition) is 1. The van der Waals surface area contributed by atoms with Gasteiger partial charge in [0.1, 0.15) is 0 Å². The van der Waals surface area contributed by atoms with E-state index in [9.17, 15) is 10.1 Å². The summed E-state index contributed by atoms with van der Waals surface area (Å²) in [6.45, 7) is 0. The number of alkyl halides is 2. The van der Waals surface area contributed by atoms with E-state index >= 15 is 0 Å². The van der Waals surface area contributed by atoms with Crippen molar-refractivity contribution in [2.24, 2.45) is 0 Å². The van der Waals surface area contributed by atoms with Crippen molar-refractivity contribution in [1.29, 1.82) is 0 Å². The molecule has 1 aliphatic rings. The lowest BCUT2D eigenvalue weighted by Crippen LogP contribution is -2.36. The van der Waals surface area contributed by atoms with E-state index in [4.69, 9.17) is 23.2 Å². The van der Waals surface area contributed by atoms with E-state index in [1.807, 2.05) is 0 Å². The minimum Gasteiger partial charge on any atom is -0.352 e. The summed E-state index contributed by atoms with van der Waals surface area (Å²) in [5.74, 6) is 0. The molecule has 0 aromatic heterocycles. The van der Waals surface area contributed by atoms with E-state index in [0.29, 0.717) is 0 Å². The maximum Gasteiger partial charge on any atom is 0.302 e. The molecule has 6 heteroatoms. The van der Waals surface area contributed by atoms with Crippen LogP contribution in [-0.2, 0) is 0 Å². The minimum atomic E-state index is -1.61. The number of dihydropyridines is 1. The second kappa shape index (κ2) is 2.71. The van der Waals surface area contributed by atoms with Gasteiger partial charge in [-0.25, -0.2) is 0 Å². The second-order valence-electron chi connectivity index (χ2n) is 1.89. The Morgan fingerprint density at radius 2 is 2.27 bits per heavy atom. The van der Waals surface area contributed by atoms with Crippen LogP contribution in [0.4, 0.5) is 0 Å². The van der Waals surface area contributed by atoms with Crippen molar-refractivity contribution >= 4 is 23.2 Å². The molecule has 0 aromatic carbocycles. The highest BCUT2D eigenvalue weighted by Crippen LogP contribution is 2.29. The number of nitro groups is 1. The average molecular weight is 195 g/mol. The van der Waals surface area contributed by atoms with Crippen LogP contribution in [0.1, 0.15) is 0 Å². The number of rotatable bonds is 1. The highest BCUT2D eigenvalue weighted by atomic mass is 35.5. The van der Waals surface area contributed by atoms with Gasteiger partial charge in [-0.2, -0.15) is 0 Å². The van der Waals surface area contributed by atoms with E-state index in [2.05, 4.69) is 5.32 Å². The van der Waals surface area contributed by atoms with E-state index in [0.717, 1.165) is 0 Å². The summed E-state index contributed by atoms with van der Waals surface area (Å²) in [5, 5.41) is 12.7. The van der Waals surface area contributed by atoms with Crippen LogP contribution in [0.5, 0.6) is 0 Å². The minimum absolute atomic E-state index is 0.275. The molecule has 1 rings (SSSR count). The second-order valence-corrected chi connectivity index (χ2v) is 3.21. The first-order chi connectivity index (χ1) is 5.04. The lowest BCUT2D eigenvalue weighted by Gasteiger charge is -2.18. The summed E-state index contributed by atoms with van der Waals surface area (Å²) in [5.41, 5.74) is -0.275. The average Bonchev–Trinajstić information content (AvgIpc) is 1.85. The molecule has 0 radical (unpaired) electrons. The first kappa shape index (κ1) is 8.36. The summed E-state index contributed by atoms with van der Waals surface area (Å²) in [7, 11) is 0. The van der Waals surface area contributed by atoms with Crippen LogP contribution >= 0.6 is 23.2 Å². The Morgan fingerprint density at radius 1 is 1.64 bits per heavy atom. The zero-order valence-electron chi connectivity index (χ0n) is 5.25. The molecule has 0 aliphatic carbocycles. The van der Waals surface area contributed by atoms with Crippen LogP contribution in [0.25, 0.3) is 0 Å². The first-order valence-corrected chi connectivity index (χ1v) is 3.47. The van der Waals surface area contributed by atoms with Crippen LogP contribution in [0.3, 0.4) is 0 Å². The topological polar surface area (TPSA) is 55.2 Å². The third-order valence-corrected chi connectivity index (χ3v) is 1.74. The Kier molecular flexibility index (Phi) is 2.06. The molecule has 1 N–H and O–H groups in total. The van der Waals surface area contributed by atoms with Gasteiger partial charge in [0.15, 0.2) is 0 Å². The molecule has 4 nitrogen and oxygen atoms in total. The number of hydrogen-bond acceptors (Lipinski definition) is 3. The van der Waals surface area contributed by atoms with Gasteiger partial charge in [-0.1, -0.05) is 23.2 Å². The van der Waals surface area contributed by atoms with Crippen molar-refractivity contribution in [2.75, 3.05) is 0 Å². The number of nitrogens with one attached hydrogen (secondary N) is 1. The Bertz CT molecular complexity index is 247. The molecule has 0 saturated heterocycles. The van der Waals surface area contributed by atoms with Gasteiger partial charge in [0.2, 0.25) is 0 Å². The normalized spacial score (nSPS) is 20.4. The van der Waals surface area contributed by atoms with Crippen molar-refractivity contribution in [1.82, 2.24) is 5.32 Å². The van der Waals surface area contributed by atoms with Gasteiger partial charge in [0, 0.05) is 6.08 Å². The van der Waals surface area contributed by atoms with Gasteiger partial charge >= 0.3 is 5.70 Å². The Labute approximate surface area is 72.6 Å². The fraction of sp³-hybridized carbons (Fsp3) is 0.200. The molecule has 0 atom stereocenters. The van der Waals surface area contributed by atoms with E-state index in [1.54, 1.807) is 0 Å². The largest absolute Gasteiger partial charge is 0.352 e. The van der Waals surface area contributed by atoms with E-state index < -0.39 is 9.38 Å². The van der Waals surface area contributed by atoms with Crippen molar-refractivity contribution in [3.63, 3.8) is 0 Å². The smallest absolute Gasteiger partial charge is 0.302 e. The highest BCUT2D eigenvalue weighted by molar-refractivity contribution is 6.50. The van der Waals surface area contributed by atoms with Crippen LogP contribution in [-0.4, -0.2) is 9.38 Å². The lowest BCUT2D eigenvalue weighted by molar-refractivity contribution is -0.429. The predicted molar refractivity (Wildman–Crippen MR) is 41.8 cm³/mol. The molecule has 0 unspecified atom stereocenters. The maximum absolute atomic E-state index is 10.3. The molecular weight excluding hydrogens is 191 g/mol. The van der Waals surface area contributed by atoms with Gasteiger partial charge in [0.05, 0.1) is 4.92 Å². The van der Waals surface area contributed by atoms with Crippen LogP contribution in [0, 0.1) is 10.1 Å². The SMILES string of the molecule is O=[N+]([O-])C1=CC=CNC1(Cl)Cl. The Balaban J connectivity index is 2.97. The Hall–Kier alpha value is -0.740. The molecule has 0 spiro atoms. The van der Waals surface area contributed by atoms with Gasteiger partial charge < -0.3 is 5.32 Å². The summed E-state index contributed by atoms with van der Waals surface area (Å²) >= 11 is 11.1. The number of allylic oxidation sites excluding steroid dienone is 2. The van der Waals surface area contributed by atoms with Crippen molar-refractivity contribution in [3.05, 3.63) is 34.2 Å². The van der Waals surface area contributed by atoms with Gasteiger partial charge in [-0.15, -0.1) is 0 Å². The van der Waals surface area contributed by atoms with Gasteiger partial charge in [0.25, 0.3) is 4.46 Å². The molecular formula is C5H4Cl2N2O2. The summed E-state index contributed by atoms with van der Waals surface area (Å²) in [6.07, 6.45) is 4.14. The quantitative estimate of drug-likeness (QED) is 0.297. The molecule has 0 bridgehead atoms. The lowest BCUT2D eigenvalue weighted by atomic mass is 10.3. The van der Waals surface area contributed by atoms with E-state index in [1.165, 1.54) is 18.4 Å². The fourth-order valence-corrected chi connectivity index (χ4v) is 1.04. The van der Waals surface area contributed by atoms with Crippen LogP contribution in [0.2, 0.25) is 0 Å². The molecule has 0 saturated carbocycles. The van der Waals surface area contributed by atoms with Crippen LogP contribution < -0.4 is 5.32 Å². The monoisotopic (exact) mass is 194 g/mol. The predicted octanol–water partition coefficient (Wildman–Crippen LogP) is 1.40. The molecule has 11 heavy (non-hydrogen) atoms. The molecule has 1 aliphatic heterocycles. The Morgan fingerprint density at radius 3 is 2.64 bits per heavy atom. The van der Waals surface area contributed by atoms with Crippen molar-refractivity contribution < 1.29 is 4.92 Å². The van der Waals surface area contributed by atoms with E-state index in [-0.39, 0.29) is 5.70 Å². The standard InChI is InChI=1S/C5H4Cl2N2O2/c6-5(7)4(9(10)11)2-1-3-8-5/h1-3,8H. The summed E-state index contributed by atoms with van der Waals surface area (Å²) in [6, 6.07) is 0. The van der Waals surface area contributed by atoms with Crippen molar-refractivity contribution in [2.45, 2.75) is 4.46 Å². The summed E-state index contributed by atoms with van der Waals surface area (Å²) in [4.78, 5) is 9.64. The van der Waals surface area contributed by atoms with Gasteiger partial charge in [-0.05, 0) is 12.3 Å². The maximum atomic E-state index is 10.3. The van der Waals surface area contributed by atoms with Crippen LogP contribution in [0.15, 0.2) is 24.0 Å². The number of halogens is 2. The third kappa shape index (κ3) is 1.64. The third-order valence-electron chi connectivity index (χ3n) is 1.13. The molecule has 0 aromatic rings. The molecule has 0 fully saturated rings. The van der Waals surface area contributed by atoms with Crippen molar-refractivity contribution in [3.8, 4) is 0 Å². The zero-order chi connectivity index (χ0) is 8.48. The summed E-state index contributed by atoms with van der Waals surface area (Å²) < 4.78 is -1.61.